The van der Waals surface area contributed by atoms with Gasteiger partial charge in [0, 0.05) is 11.6 Å². The van der Waals surface area contributed by atoms with Crippen LogP contribution >= 0.6 is 11.6 Å². The third-order valence-electron chi connectivity index (χ3n) is 5.32. The largest absolute Gasteiger partial charge is 0.481 e. The number of rotatable bonds is 4. The molecule has 1 aromatic carbocycles. The van der Waals surface area contributed by atoms with E-state index < -0.39 is 41.5 Å². The molecule has 134 valence electrons. The Balaban J connectivity index is 1.80. The molecule has 2 bridgehead atoms. The fourth-order valence-electron chi connectivity index (χ4n) is 4.37. The SMILES string of the molecule is O=C=C1C2C(C(=O)O)C3C=CC2(O3)C(C(=O)O)N1Cc1ccc(Cl)cc1. The van der Waals surface area contributed by atoms with Crippen LogP contribution in [-0.2, 0) is 25.7 Å². The molecular weight excluding hydrogens is 362 g/mol. The lowest BCUT2D eigenvalue weighted by Gasteiger charge is -2.30. The highest BCUT2D eigenvalue weighted by molar-refractivity contribution is 6.30. The summed E-state index contributed by atoms with van der Waals surface area (Å²) in [5.41, 5.74) is -0.625. The van der Waals surface area contributed by atoms with Crippen LogP contribution in [0.5, 0.6) is 0 Å². The summed E-state index contributed by atoms with van der Waals surface area (Å²) in [4.78, 5) is 36.9. The Morgan fingerprint density at radius 2 is 1.92 bits per heavy atom. The number of hydrogen-bond donors (Lipinski definition) is 2. The van der Waals surface area contributed by atoms with Crippen molar-refractivity contribution in [3.8, 4) is 0 Å². The van der Waals surface area contributed by atoms with Crippen molar-refractivity contribution in [3.05, 3.63) is 52.7 Å². The summed E-state index contributed by atoms with van der Waals surface area (Å²) in [6.45, 7) is 0.102. The molecule has 3 aliphatic rings. The van der Waals surface area contributed by atoms with Crippen molar-refractivity contribution in [3.63, 3.8) is 0 Å². The summed E-state index contributed by atoms with van der Waals surface area (Å²) in [6.07, 6.45) is 2.40. The summed E-state index contributed by atoms with van der Waals surface area (Å²) in [5.74, 6) is -2.43. The van der Waals surface area contributed by atoms with Crippen LogP contribution in [0.2, 0.25) is 5.02 Å². The van der Waals surface area contributed by atoms with Crippen molar-refractivity contribution >= 4 is 29.5 Å². The quantitative estimate of drug-likeness (QED) is 0.604. The minimum atomic E-state index is -1.38. The number of hydrogen-bond acceptors (Lipinski definition) is 5. The Hall–Kier alpha value is -2.60. The topological polar surface area (TPSA) is 104 Å². The third kappa shape index (κ3) is 2.15. The molecule has 0 saturated carbocycles. The van der Waals surface area contributed by atoms with Crippen LogP contribution in [-0.4, -0.2) is 50.7 Å². The molecule has 7 nitrogen and oxygen atoms in total. The van der Waals surface area contributed by atoms with Gasteiger partial charge in [-0.3, -0.25) is 4.79 Å². The number of carboxylic acid groups (broad SMARTS) is 2. The number of likely N-dealkylation sites (tertiary alicyclic amines) is 1. The predicted octanol–water partition coefficient (Wildman–Crippen LogP) is 1.35. The van der Waals surface area contributed by atoms with E-state index in [4.69, 9.17) is 16.3 Å². The molecule has 3 aliphatic heterocycles. The zero-order chi connectivity index (χ0) is 18.6. The van der Waals surface area contributed by atoms with E-state index in [0.717, 1.165) is 5.56 Å². The van der Waals surface area contributed by atoms with Crippen LogP contribution in [0.25, 0.3) is 0 Å². The summed E-state index contributed by atoms with van der Waals surface area (Å²) < 4.78 is 5.82. The highest BCUT2D eigenvalue weighted by Crippen LogP contribution is 2.58. The second-order valence-corrected chi connectivity index (χ2v) is 7.06. The Bertz CT molecular complexity index is 874. The monoisotopic (exact) mass is 375 g/mol. The minimum absolute atomic E-state index is 0.0200. The van der Waals surface area contributed by atoms with Gasteiger partial charge in [-0.05, 0) is 17.7 Å². The van der Waals surface area contributed by atoms with Crippen molar-refractivity contribution in [2.45, 2.75) is 24.3 Å². The number of fused-ring (bicyclic) bond motifs is 1. The van der Waals surface area contributed by atoms with Crippen molar-refractivity contribution in [2.24, 2.45) is 11.8 Å². The number of nitrogens with zero attached hydrogens (tertiary/aromatic N) is 1. The zero-order valence-corrected chi connectivity index (χ0v) is 14.1. The van der Waals surface area contributed by atoms with Crippen LogP contribution in [0.1, 0.15) is 5.56 Å². The average molecular weight is 376 g/mol. The van der Waals surface area contributed by atoms with E-state index in [1.165, 1.54) is 4.90 Å². The summed E-state index contributed by atoms with van der Waals surface area (Å²) in [7, 11) is 0. The molecule has 4 rings (SSSR count). The maximum Gasteiger partial charge on any atom is 0.329 e. The maximum atomic E-state index is 12.1. The van der Waals surface area contributed by atoms with Crippen LogP contribution < -0.4 is 0 Å². The van der Waals surface area contributed by atoms with Crippen molar-refractivity contribution in [2.75, 3.05) is 0 Å². The molecule has 26 heavy (non-hydrogen) atoms. The molecular formula is C18H14ClNO6. The second-order valence-electron chi connectivity index (χ2n) is 6.62. The Kier molecular flexibility index (Phi) is 3.70. The Labute approximate surface area is 153 Å². The normalized spacial score (nSPS) is 34.0. The first-order valence-corrected chi connectivity index (χ1v) is 8.35. The van der Waals surface area contributed by atoms with Crippen molar-refractivity contribution < 1.29 is 29.3 Å². The van der Waals surface area contributed by atoms with Gasteiger partial charge in [0.05, 0.1) is 17.9 Å². The molecule has 8 heteroatoms. The van der Waals surface area contributed by atoms with E-state index in [9.17, 15) is 24.6 Å². The molecule has 2 fully saturated rings. The van der Waals surface area contributed by atoms with Gasteiger partial charge in [0.25, 0.3) is 0 Å². The van der Waals surface area contributed by atoms with Gasteiger partial charge < -0.3 is 19.8 Å². The standard InChI is InChI=1S/C18H14ClNO6/c19-10-3-1-9(2-4-10)7-20-11(8-21)14-13(16(22)23)12-5-6-18(14,26-12)15(20)17(24)25/h1-6,12-15H,7H2,(H,22,23)(H,24,25). The fraction of sp³-hybridized carbons (Fsp3) is 0.333. The fourth-order valence-corrected chi connectivity index (χ4v) is 4.49. The molecule has 0 radical (unpaired) electrons. The van der Waals surface area contributed by atoms with E-state index in [1.54, 1.807) is 42.4 Å². The number of halogens is 1. The van der Waals surface area contributed by atoms with Crippen LogP contribution in [0.3, 0.4) is 0 Å². The van der Waals surface area contributed by atoms with Gasteiger partial charge in [-0.15, -0.1) is 0 Å². The summed E-state index contributed by atoms with van der Waals surface area (Å²) in [5, 5.41) is 20.0. The average Bonchev–Trinajstić information content (AvgIpc) is 3.21. The molecule has 3 heterocycles. The van der Waals surface area contributed by atoms with Crippen LogP contribution in [0.4, 0.5) is 0 Å². The third-order valence-corrected chi connectivity index (χ3v) is 5.57. The number of aliphatic carboxylic acids is 2. The molecule has 1 aromatic rings. The van der Waals surface area contributed by atoms with Crippen LogP contribution in [0, 0.1) is 11.8 Å². The smallest absolute Gasteiger partial charge is 0.329 e. The molecule has 0 aliphatic carbocycles. The number of benzene rings is 1. The van der Waals surface area contributed by atoms with Gasteiger partial charge in [-0.1, -0.05) is 35.9 Å². The number of carbonyl (C=O) groups excluding carboxylic acids is 1. The van der Waals surface area contributed by atoms with Gasteiger partial charge in [-0.25, -0.2) is 9.59 Å². The van der Waals surface area contributed by atoms with Crippen molar-refractivity contribution in [1.29, 1.82) is 0 Å². The van der Waals surface area contributed by atoms with Gasteiger partial charge in [0.15, 0.2) is 6.04 Å². The van der Waals surface area contributed by atoms with Gasteiger partial charge >= 0.3 is 11.9 Å². The molecule has 0 amide bonds. The first-order chi connectivity index (χ1) is 12.4. The minimum Gasteiger partial charge on any atom is -0.481 e. The van der Waals surface area contributed by atoms with Gasteiger partial charge in [0.1, 0.15) is 17.2 Å². The molecule has 0 aromatic heterocycles. The van der Waals surface area contributed by atoms with Crippen LogP contribution in [0.15, 0.2) is 42.1 Å². The highest BCUT2D eigenvalue weighted by atomic mass is 35.5. The maximum absolute atomic E-state index is 12.1. The molecule has 2 N–H and O–H groups in total. The number of carbonyl (C=O) groups is 2. The lowest BCUT2D eigenvalue weighted by Crippen LogP contribution is -2.49. The van der Waals surface area contributed by atoms with Gasteiger partial charge in [0.2, 0.25) is 0 Å². The Morgan fingerprint density at radius 1 is 1.23 bits per heavy atom. The first-order valence-electron chi connectivity index (χ1n) is 7.98. The van der Waals surface area contributed by atoms with E-state index in [1.807, 2.05) is 0 Å². The van der Waals surface area contributed by atoms with E-state index in [0.29, 0.717) is 5.02 Å². The lowest BCUT2D eigenvalue weighted by molar-refractivity contribution is -0.149. The van der Waals surface area contributed by atoms with Gasteiger partial charge in [-0.2, -0.15) is 0 Å². The molecule has 5 unspecified atom stereocenters. The first kappa shape index (κ1) is 16.8. The molecule has 1 spiro atoms. The lowest BCUT2D eigenvalue weighted by atomic mass is 9.74. The molecule has 2 saturated heterocycles. The van der Waals surface area contributed by atoms with E-state index in [-0.39, 0.29) is 12.2 Å². The molecule has 5 atom stereocenters. The second kappa shape index (κ2) is 5.71. The predicted molar refractivity (Wildman–Crippen MR) is 89.0 cm³/mol. The Morgan fingerprint density at radius 3 is 2.50 bits per heavy atom. The number of ether oxygens (including phenoxy) is 1. The summed E-state index contributed by atoms with van der Waals surface area (Å²) >= 11 is 5.88. The van der Waals surface area contributed by atoms with Crippen molar-refractivity contribution in [1.82, 2.24) is 4.90 Å². The highest BCUT2D eigenvalue weighted by Gasteiger charge is 2.71. The summed E-state index contributed by atoms with van der Waals surface area (Å²) in [6, 6.07) is 5.55. The van der Waals surface area contributed by atoms with E-state index >= 15 is 0 Å². The number of carboxylic acids is 2. The van der Waals surface area contributed by atoms with E-state index in [2.05, 4.69) is 0 Å². The zero-order valence-electron chi connectivity index (χ0n) is 13.3.